The Bertz CT molecular complexity index is 598. The lowest BCUT2D eigenvalue weighted by Crippen LogP contribution is -2.67. The summed E-state index contributed by atoms with van der Waals surface area (Å²) in [4.78, 5) is 17.4. The minimum Gasteiger partial charge on any atom is -0.280 e. The molecule has 0 aromatic carbocycles. The number of aromatic nitrogens is 4. The van der Waals surface area contributed by atoms with Gasteiger partial charge in [0.1, 0.15) is 6.33 Å². The molecule has 8 heteroatoms. The molecule has 2 aromatic heterocycles. The average molecular weight is 291 g/mol. The molecule has 2 aromatic rings. The van der Waals surface area contributed by atoms with Crippen molar-refractivity contribution >= 4 is 11.9 Å². The molecule has 112 valence electrons. The van der Waals surface area contributed by atoms with Gasteiger partial charge in [-0.25, -0.2) is 9.78 Å². The number of nitrogens with one attached hydrogen (secondary N) is 1. The Labute approximate surface area is 122 Å². The molecule has 2 unspecified atom stereocenters. The van der Waals surface area contributed by atoms with E-state index in [2.05, 4.69) is 34.4 Å². The second-order valence-electron chi connectivity index (χ2n) is 5.40. The molecule has 1 N–H and O–H groups in total. The van der Waals surface area contributed by atoms with E-state index in [9.17, 15) is 4.79 Å². The lowest BCUT2D eigenvalue weighted by atomic mass is 10.00. The molecule has 1 aliphatic rings. The van der Waals surface area contributed by atoms with Crippen LogP contribution < -0.4 is 15.1 Å². The normalized spacial score (nSPS) is 22.3. The highest BCUT2D eigenvalue weighted by molar-refractivity contribution is 5.89. The number of carbonyl (C=O) groups is 1. The summed E-state index contributed by atoms with van der Waals surface area (Å²) in [6, 6.07) is 0.442. The second-order valence-corrected chi connectivity index (χ2v) is 5.40. The summed E-state index contributed by atoms with van der Waals surface area (Å²) >= 11 is 0. The van der Waals surface area contributed by atoms with E-state index in [-0.39, 0.29) is 6.03 Å². The van der Waals surface area contributed by atoms with Crippen molar-refractivity contribution in [3.63, 3.8) is 0 Å². The van der Waals surface area contributed by atoms with Gasteiger partial charge in [0.05, 0.1) is 16.9 Å². The molecule has 21 heavy (non-hydrogen) atoms. The van der Waals surface area contributed by atoms with Crippen molar-refractivity contribution in [2.45, 2.75) is 45.2 Å². The van der Waals surface area contributed by atoms with E-state index in [1.54, 1.807) is 17.2 Å². The zero-order valence-electron chi connectivity index (χ0n) is 12.1. The molecule has 0 aliphatic carbocycles. The fourth-order valence-corrected chi connectivity index (χ4v) is 2.76. The van der Waals surface area contributed by atoms with E-state index in [0.717, 1.165) is 12.8 Å². The first-order chi connectivity index (χ1) is 10.1. The molecule has 0 spiro atoms. The lowest BCUT2D eigenvalue weighted by molar-refractivity contribution is -0.765. The quantitative estimate of drug-likeness (QED) is 0.839. The summed E-state index contributed by atoms with van der Waals surface area (Å²) < 4.78 is 6.52. The van der Waals surface area contributed by atoms with E-state index in [0.29, 0.717) is 18.0 Å². The van der Waals surface area contributed by atoms with Gasteiger partial charge in [0.2, 0.25) is 5.27 Å². The Morgan fingerprint density at radius 2 is 2.19 bits per heavy atom. The predicted molar refractivity (Wildman–Crippen MR) is 74.3 cm³/mol. The molecule has 0 saturated carbocycles. The number of rotatable bonds is 2. The highest BCUT2D eigenvalue weighted by Gasteiger charge is 2.34. The fraction of sp³-hybridized carbons (Fsp3) is 0.538. The van der Waals surface area contributed by atoms with Crippen molar-refractivity contribution in [1.29, 1.82) is 0 Å². The van der Waals surface area contributed by atoms with Gasteiger partial charge in [-0.2, -0.15) is 0 Å². The first kappa shape index (κ1) is 13.6. The van der Waals surface area contributed by atoms with E-state index in [1.807, 2.05) is 0 Å². The Balaban J connectivity index is 1.72. The maximum atomic E-state index is 11.9. The maximum Gasteiger partial charge on any atom is 0.333 e. The van der Waals surface area contributed by atoms with Crippen molar-refractivity contribution in [1.82, 2.24) is 14.8 Å². The van der Waals surface area contributed by atoms with Gasteiger partial charge in [0.25, 0.3) is 6.20 Å². The number of imidazole rings is 1. The van der Waals surface area contributed by atoms with Gasteiger partial charge in [-0.3, -0.25) is 14.4 Å². The van der Waals surface area contributed by atoms with Gasteiger partial charge in [-0.1, -0.05) is 0 Å². The number of carbonyl (C=O) groups excluding carboxylic acids is 1. The summed E-state index contributed by atoms with van der Waals surface area (Å²) in [5, 5.41) is 8.81. The number of nitrogens with zero attached hydrogens (tertiary/aromatic N) is 5. The Kier molecular flexibility index (Phi) is 3.59. The van der Waals surface area contributed by atoms with Crippen LogP contribution in [0.4, 0.5) is 10.7 Å². The summed E-state index contributed by atoms with van der Waals surface area (Å²) in [5.74, 6) is 0.304. The highest BCUT2D eigenvalue weighted by atomic mass is 16.5. The van der Waals surface area contributed by atoms with Gasteiger partial charge in [0.15, 0.2) is 0 Å². The summed E-state index contributed by atoms with van der Waals surface area (Å²) in [5.41, 5.74) is 0. The fourth-order valence-electron chi connectivity index (χ4n) is 2.76. The molecule has 0 bridgehead atoms. The van der Waals surface area contributed by atoms with Crippen LogP contribution in [0.5, 0.6) is 0 Å². The number of amides is 1. The molecule has 1 fully saturated rings. The third kappa shape index (κ3) is 2.74. The van der Waals surface area contributed by atoms with E-state index in [1.165, 1.54) is 23.5 Å². The van der Waals surface area contributed by atoms with E-state index >= 15 is 0 Å². The first-order valence-electron chi connectivity index (χ1n) is 7.12. The van der Waals surface area contributed by atoms with Crippen LogP contribution >= 0.6 is 0 Å². The predicted octanol–water partition coefficient (Wildman–Crippen LogP) is 1.14. The molecule has 1 saturated heterocycles. The molecular formula is C13H19N6O2+. The van der Waals surface area contributed by atoms with E-state index in [4.69, 9.17) is 4.52 Å². The maximum absolute atomic E-state index is 11.9. The minimum atomic E-state index is -0.337. The Hall–Kier alpha value is -2.38. The van der Waals surface area contributed by atoms with Crippen LogP contribution in [0.15, 0.2) is 29.4 Å². The smallest absolute Gasteiger partial charge is 0.280 e. The molecule has 1 amide bonds. The van der Waals surface area contributed by atoms with E-state index < -0.39 is 0 Å². The summed E-state index contributed by atoms with van der Waals surface area (Å²) in [7, 11) is 0. The van der Waals surface area contributed by atoms with Gasteiger partial charge in [-0.15, -0.1) is 5.01 Å². The molecule has 1 aliphatic heterocycles. The van der Waals surface area contributed by atoms with Crippen LogP contribution in [0.25, 0.3) is 0 Å². The van der Waals surface area contributed by atoms with Crippen LogP contribution in [0.1, 0.15) is 33.1 Å². The van der Waals surface area contributed by atoms with Crippen molar-refractivity contribution in [3.8, 4) is 0 Å². The third-order valence-electron chi connectivity index (χ3n) is 3.81. The SMILES string of the molecule is CC1CCCC(C)N1[n+]1cc(NC(=O)n2ccnc2)on1. The van der Waals surface area contributed by atoms with Crippen LogP contribution in [0.2, 0.25) is 0 Å². The van der Waals surface area contributed by atoms with Gasteiger partial charge < -0.3 is 0 Å². The first-order valence-corrected chi connectivity index (χ1v) is 7.12. The second kappa shape index (κ2) is 5.55. The largest absolute Gasteiger partial charge is 0.333 e. The van der Waals surface area contributed by atoms with Crippen molar-refractivity contribution in [2.75, 3.05) is 10.3 Å². The lowest BCUT2D eigenvalue weighted by Gasteiger charge is -2.31. The zero-order valence-corrected chi connectivity index (χ0v) is 12.1. The molecule has 3 heterocycles. The minimum absolute atomic E-state index is 0.304. The summed E-state index contributed by atoms with van der Waals surface area (Å²) in [6.07, 6.45) is 9.69. The van der Waals surface area contributed by atoms with Crippen LogP contribution in [-0.4, -0.2) is 32.9 Å². The van der Waals surface area contributed by atoms with Crippen molar-refractivity contribution in [3.05, 3.63) is 24.9 Å². The molecule has 0 radical (unpaired) electrons. The Morgan fingerprint density at radius 3 is 2.86 bits per heavy atom. The molecular weight excluding hydrogens is 272 g/mol. The third-order valence-corrected chi connectivity index (χ3v) is 3.81. The van der Waals surface area contributed by atoms with Crippen LogP contribution in [-0.2, 0) is 0 Å². The van der Waals surface area contributed by atoms with Crippen molar-refractivity contribution < 1.29 is 14.1 Å². The number of hydrogen-bond acceptors (Lipinski definition) is 5. The van der Waals surface area contributed by atoms with Gasteiger partial charge >= 0.3 is 11.9 Å². The molecule has 8 nitrogen and oxygen atoms in total. The van der Waals surface area contributed by atoms with Gasteiger partial charge in [0, 0.05) is 12.4 Å². The average Bonchev–Trinajstić information content (AvgIpc) is 3.10. The topological polar surface area (TPSA) is 80.1 Å². The number of piperidine rings is 1. The van der Waals surface area contributed by atoms with Gasteiger partial charge in [-0.05, 0) is 33.1 Å². The monoisotopic (exact) mass is 291 g/mol. The Morgan fingerprint density at radius 1 is 1.43 bits per heavy atom. The van der Waals surface area contributed by atoms with Crippen LogP contribution in [0.3, 0.4) is 0 Å². The molecule has 3 rings (SSSR count). The zero-order chi connectivity index (χ0) is 14.8. The molecule has 2 atom stereocenters. The summed E-state index contributed by atoms with van der Waals surface area (Å²) in [6.45, 7) is 4.34. The highest BCUT2D eigenvalue weighted by Crippen LogP contribution is 2.18. The number of hydrogen-bond donors (Lipinski definition) is 1. The van der Waals surface area contributed by atoms with Crippen LogP contribution in [0, 0.1) is 0 Å². The van der Waals surface area contributed by atoms with Crippen molar-refractivity contribution in [2.24, 2.45) is 0 Å². The standard InChI is InChI=1S/C13H18N6O2/c1-10-4-3-5-11(2)19(10)18-8-12(21-16-18)15-13(20)17-7-6-14-9-17/h6-11H,3-5H2,1-2H3/p+1. The number of anilines is 1.